The van der Waals surface area contributed by atoms with Crippen molar-refractivity contribution in [2.75, 3.05) is 0 Å². The first-order valence-electron chi connectivity index (χ1n) is 2.67. The maximum atomic E-state index is 11.8. The van der Waals surface area contributed by atoms with Gasteiger partial charge in [0.15, 0.2) is 11.6 Å². The Balaban J connectivity index is 3.51. The summed E-state index contributed by atoms with van der Waals surface area (Å²) in [5, 5.41) is 0. The lowest BCUT2D eigenvalue weighted by Crippen LogP contribution is -1.94. The molecule has 0 aromatic heterocycles. The van der Waals surface area contributed by atoms with Crippen LogP contribution in [0, 0.1) is 0 Å². The van der Waals surface area contributed by atoms with Crippen LogP contribution < -0.4 is 0 Å². The Morgan fingerprint density at radius 2 is 2.22 bits per heavy atom. The van der Waals surface area contributed by atoms with Crippen molar-refractivity contribution in [3.05, 3.63) is 25.1 Å². The average Bonchev–Trinajstić information content (AvgIpc) is 1.82. The zero-order chi connectivity index (χ0) is 7.28. The summed E-state index contributed by atoms with van der Waals surface area (Å²) < 4.78 is 11.8. The summed E-state index contributed by atoms with van der Waals surface area (Å²) in [6.45, 7) is 6.25. The summed E-state index contributed by atoms with van der Waals surface area (Å²) in [4.78, 5) is 10.4. The van der Waals surface area contributed by atoms with E-state index in [1.807, 2.05) is 0 Å². The second kappa shape index (κ2) is 4.01. The first-order valence-corrected chi connectivity index (χ1v) is 2.67. The fourth-order valence-electron chi connectivity index (χ4n) is 0.369. The molecule has 0 bridgehead atoms. The van der Waals surface area contributed by atoms with Crippen LogP contribution in [0.15, 0.2) is 25.1 Å². The highest BCUT2D eigenvalue weighted by molar-refractivity contribution is 5.92. The smallest absolute Gasteiger partial charge is 0.190 e. The minimum Gasteiger partial charge on any atom is -0.292 e. The molecule has 1 nitrogen and oxygen atoms in total. The fourth-order valence-corrected chi connectivity index (χ4v) is 0.369. The number of halogens is 1. The molecule has 0 unspecified atom stereocenters. The van der Waals surface area contributed by atoms with E-state index < -0.39 is 11.6 Å². The molecule has 0 fully saturated rings. The van der Waals surface area contributed by atoms with Crippen molar-refractivity contribution in [3.8, 4) is 0 Å². The van der Waals surface area contributed by atoms with E-state index in [-0.39, 0.29) is 6.42 Å². The number of rotatable bonds is 4. The maximum Gasteiger partial charge on any atom is 0.190 e. The first kappa shape index (κ1) is 8.08. The van der Waals surface area contributed by atoms with Gasteiger partial charge in [-0.3, -0.25) is 4.79 Å². The van der Waals surface area contributed by atoms with E-state index in [0.717, 1.165) is 0 Å². The van der Waals surface area contributed by atoms with Crippen molar-refractivity contribution in [3.63, 3.8) is 0 Å². The van der Waals surface area contributed by atoms with Gasteiger partial charge < -0.3 is 0 Å². The Morgan fingerprint density at radius 1 is 1.67 bits per heavy atom. The highest BCUT2D eigenvalue weighted by Gasteiger charge is 2.02. The molecule has 0 atom stereocenters. The van der Waals surface area contributed by atoms with Gasteiger partial charge in [0.25, 0.3) is 0 Å². The van der Waals surface area contributed by atoms with Crippen molar-refractivity contribution < 1.29 is 9.18 Å². The van der Waals surface area contributed by atoms with E-state index in [1.54, 1.807) is 6.08 Å². The molecule has 0 aromatic carbocycles. The Labute approximate surface area is 53.9 Å². The molecular formula is C7H9FO. The molecule has 0 radical (unpaired) electrons. The van der Waals surface area contributed by atoms with Gasteiger partial charge in [-0.05, 0) is 6.42 Å². The van der Waals surface area contributed by atoms with Gasteiger partial charge in [-0.15, -0.1) is 6.58 Å². The number of carbonyl (C=O) groups excluding carboxylic acids is 1. The molecule has 9 heavy (non-hydrogen) atoms. The normalized spacial score (nSPS) is 8.56. The largest absolute Gasteiger partial charge is 0.292 e. The predicted octanol–water partition coefficient (Wildman–Crippen LogP) is 2.00. The third kappa shape index (κ3) is 3.64. The lowest BCUT2D eigenvalue weighted by molar-refractivity contribution is -0.116. The zero-order valence-corrected chi connectivity index (χ0v) is 5.19. The van der Waals surface area contributed by atoms with Gasteiger partial charge in [-0.1, -0.05) is 12.7 Å². The maximum absolute atomic E-state index is 11.8. The van der Waals surface area contributed by atoms with Crippen LogP contribution in [-0.4, -0.2) is 5.78 Å². The molecule has 0 saturated carbocycles. The molecular weight excluding hydrogens is 119 g/mol. The van der Waals surface area contributed by atoms with Crippen LogP contribution in [0.4, 0.5) is 4.39 Å². The Hall–Kier alpha value is -0.920. The van der Waals surface area contributed by atoms with Crippen molar-refractivity contribution in [1.82, 2.24) is 0 Å². The lowest BCUT2D eigenvalue weighted by Gasteiger charge is -1.89. The highest BCUT2D eigenvalue weighted by atomic mass is 19.1. The minimum atomic E-state index is -0.864. The van der Waals surface area contributed by atoms with Gasteiger partial charge in [0.05, 0.1) is 0 Å². The van der Waals surface area contributed by atoms with Crippen LogP contribution in [0.1, 0.15) is 12.8 Å². The predicted molar refractivity (Wildman–Crippen MR) is 34.7 cm³/mol. The van der Waals surface area contributed by atoms with E-state index in [0.29, 0.717) is 6.42 Å². The second-order valence-corrected chi connectivity index (χ2v) is 1.66. The molecule has 0 aliphatic carbocycles. The van der Waals surface area contributed by atoms with Gasteiger partial charge in [0, 0.05) is 6.42 Å². The number of hydrogen-bond donors (Lipinski definition) is 0. The number of carbonyl (C=O) groups is 1. The van der Waals surface area contributed by atoms with Crippen LogP contribution in [0.3, 0.4) is 0 Å². The number of allylic oxidation sites excluding steroid dienone is 2. The fraction of sp³-hybridized carbons (Fsp3) is 0.286. The van der Waals surface area contributed by atoms with E-state index in [9.17, 15) is 9.18 Å². The summed E-state index contributed by atoms with van der Waals surface area (Å²) in [5.74, 6) is -1.40. The summed E-state index contributed by atoms with van der Waals surface area (Å²) in [7, 11) is 0. The van der Waals surface area contributed by atoms with E-state index in [4.69, 9.17) is 0 Å². The number of ketones is 1. The summed E-state index contributed by atoms with van der Waals surface area (Å²) in [6, 6.07) is 0. The van der Waals surface area contributed by atoms with Crippen molar-refractivity contribution in [1.29, 1.82) is 0 Å². The molecule has 50 valence electrons. The van der Waals surface area contributed by atoms with Gasteiger partial charge in [0.1, 0.15) is 0 Å². The van der Waals surface area contributed by atoms with E-state index >= 15 is 0 Å². The van der Waals surface area contributed by atoms with Gasteiger partial charge >= 0.3 is 0 Å². The first-order chi connectivity index (χ1) is 4.18. The summed E-state index contributed by atoms with van der Waals surface area (Å²) in [6.07, 6.45) is 2.27. The molecule has 0 N–H and O–H groups in total. The zero-order valence-electron chi connectivity index (χ0n) is 5.19. The lowest BCUT2D eigenvalue weighted by atomic mass is 10.2. The van der Waals surface area contributed by atoms with E-state index in [2.05, 4.69) is 13.2 Å². The molecule has 0 rings (SSSR count). The Morgan fingerprint density at radius 3 is 2.56 bits per heavy atom. The molecule has 0 amide bonds. The summed E-state index contributed by atoms with van der Waals surface area (Å²) in [5.41, 5.74) is 0. The van der Waals surface area contributed by atoms with Crippen molar-refractivity contribution in [2.24, 2.45) is 0 Å². The van der Waals surface area contributed by atoms with Crippen molar-refractivity contribution in [2.45, 2.75) is 12.8 Å². The monoisotopic (exact) mass is 128 g/mol. The molecule has 0 saturated heterocycles. The van der Waals surface area contributed by atoms with Crippen LogP contribution in [0.25, 0.3) is 0 Å². The Kier molecular flexibility index (Phi) is 3.60. The second-order valence-electron chi connectivity index (χ2n) is 1.66. The average molecular weight is 128 g/mol. The Bertz CT molecular complexity index is 138. The molecule has 0 aromatic rings. The van der Waals surface area contributed by atoms with Crippen molar-refractivity contribution >= 4 is 5.78 Å². The van der Waals surface area contributed by atoms with Gasteiger partial charge in [-0.2, -0.15) is 0 Å². The number of hydrogen-bond acceptors (Lipinski definition) is 1. The van der Waals surface area contributed by atoms with Crippen LogP contribution in [0.5, 0.6) is 0 Å². The third-order valence-electron chi connectivity index (χ3n) is 0.878. The molecule has 0 heterocycles. The molecule has 0 aliphatic heterocycles. The summed E-state index contributed by atoms with van der Waals surface area (Å²) >= 11 is 0. The molecule has 2 heteroatoms. The minimum absolute atomic E-state index is 0.179. The topological polar surface area (TPSA) is 17.1 Å². The van der Waals surface area contributed by atoms with Crippen LogP contribution in [0.2, 0.25) is 0 Å². The quantitative estimate of drug-likeness (QED) is 0.418. The highest BCUT2D eigenvalue weighted by Crippen LogP contribution is 2.00. The molecule has 0 spiro atoms. The van der Waals surface area contributed by atoms with Gasteiger partial charge in [0.2, 0.25) is 0 Å². The third-order valence-corrected chi connectivity index (χ3v) is 0.878. The number of Topliss-reactive ketones (excluding diaryl/α,β-unsaturated/α-hetero) is 1. The van der Waals surface area contributed by atoms with E-state index in [1.165, 1.54) is 0 Å². The van der Waals surface area contributed by atoms with Gasteiger partial charge in [-0.25, -0.2) is 4.39 Å². The molecule has 0 aliphatic rings. The SMILES string of the molecule is C=CCCC(=O)C(=C)F. The van der Waals surface area contributed by atoms with Crippen LogP contribution in [-0.2, 0) is 4.79 Å². The standard InChI is InChI=1S/C7H9FO/c1-3-4-5-7(9)6(2)8/h3H,1-2,4-5H2. The van der Waals surface area contributed by atoms with Crippen LogP contribution >= 0.6 is 0 Å².